The van der Waals surface area contributed by atoms with Crippen LogP contribution in [0.3, 0.4) is 0 Å². The molecule has 1 fully saturated rings. The van der Waals surface area contributed by atoms with E-state index >= 15 is 0 Å². The van der Waals surface area contributed by atoms with Gasteiger partial charge in [0.15, 0.2) is 0 Å². The Balaban J connectivity index is 2.25. The van der Waals surface area contributed by atoms with E-state index in [-0.39, 0.29) is 18.4 Å². The standard InChI is InChI=1S/C9H16N2O4/c1-6(9(13)14)11-8(12)4-7-5-10-2-3-15-7/h6-7,10H,2-5H2,1H3,(H,11,12)(H,13,14). The first-order valence-corrected chi connectivity index (χ1v) is 4.94. The predicted molar refractivity (Wildman–Crippen MR) is 52.5 cm³/mol. The van der Waals surface area contributed by atoms with Gasteiger partial charge in [-0.2, -0.15) is 0 Å². The molecular weight excluding hydrogens is 200 g/mol. The third kappa shape index (κ3) is 4.26. The molecule has 0 aromatic rings. The molecule has 3 N–H and O–H groups in total. The van der Waals surface area contributed by atoms with Gasteiger partial charge in [-0.25, -0.2) is 0 Å². The van der Waals surface area contributed by atoms with Crippen LogP contribution in [0.1, 0.15) is 13.3 Å². The molecule has 1 amide bonds. The zero-order valence-corrected chi connectivity index (χ0v) is 8.66. The molecule has 0 aromatic carbocycles. The molecule has 86 valence electrons. The molecule has 0 aromatic heterocycles. The van der Waals surface area contributed by atoms with Crippen LogP contribution in [0.25, 0.3) is 0 Å². The van der Waals surface area contributed by atoms with Crippen LogP contribution in [0, 0.1) is 0 Å². The summed E-state index contributed by atoms with van der Waals surface area (Å²) in [5, 5.41) is 14.1. The molecule has 6 nitrogen and oxygen atoms in total. The molecule has 0 bridgehead atoms. The van der Waals surface area contributed by atoms with Crippen molar-refractivity contribution in [3.05, 3.63) is 0 Å². The largest absolute Gasteiger partial charge is 0.480 e. The molecule has 1 heterocycles. The summed E-state index contributed by atoms with van der Waals surface area (Å²) >= 11 is 0. The summed E-state index contributed by atoms with van der Waals surface area (Å²) in [6.45, 7) is 3.45. The van der Waals surface area contributed by atoms with Crippen molar-refractivity contribution >= 4 is 11.9 Å². The summed E-state index contributed by atoms with van der Waals surface area (Å²) in [7, 11) is 0. The first-order valence-electron chi connectivity index (χ1n) is 4.94. The molecule has 1 saturated heterocycles. The van der Waals surface area contributed by atoms with Crippen molar-refractivity contribution in [3.63, 3.8) is 0 Å². The lowest BCUT2D eigenvalue weighted by Gasteiger charge is -2.23. The molecule has 1 rings (SSSR count). The summed E-state index contributed by atoms with van der Waals surface area (Å²) in [5.74, 6) is -1.33. The molecule has 0 spiro atoms. The molecule has 6 heteroatoms. The summed E-state index contributed by atoms with van der Waals surface area (Å²) in [5.41, 5.74) is 0. The van der Waals surface area contributed by atoms with Gasteiger partial charge in [-0.05, 0) is 6.92 Å². The van der Waals surface area contributed by atoms with Crippen molar-refractivity contribution < 1.29 is 19.4 Å². The minimum absolute atomic E-state index is 0.153. The van der Waals surface area contributed by atoms with Gasteiger partial charge in [0.05, 0.1) is 19.1 Å². The average Bonchev–Trinajstić information content (AvgIpc) is 2.18. The number of amides is 1. The molecule has 0 aliphatic carbocycles. The van der Waals surface area contributed by atoms with Crippen molar-refractivity contribution in [1.82, 2.24) is 10.6 Å². The van der Waals surface area contributed by atoms with E-state index in [0.29, 0.717) is 13.2 Å². The van der Waals surface area contributed by atoms with Crippen molar-refractivity contribution in [2.24, 2.45) is 0 Å². The zero-order valence-electron chi connectivity index (χ0n) is 8.66. The number of morpholine rings is 1. The number of hydrogen-bond acceptors (Lipinski definition) is 4. The summed E-state index contributed by atoms with van der Waals surface area (Å²) in [4.78, 5) is 21.8. The number of carboxylic acid groups (broad SMARTS) is 1. The molecule has 0 saturated carbocycles. The van der Waals surface area contributed by atoms with Crippen LogP contribution in [-0.4, -0.2) is 48.8 Å². The fourth-order valence-electron chi connectivity index (χ4n) is 1.32. The van der Waals surface area contributed by atoms with E-state index in [1.807, 2.05) is 0 Å². The lowest BCUT2D eigenvalue weighted by atomic mass is 10.2. The molecule has 15 heavy (non-hydrogen) atoms. The predicted octanol–water partition coefficient (Wildman–Crippen LogP) is -1.05. The van der Waals surface area contributed by atoms with E-state index in [2.05, 4.69) is 10.6 Å². The normalized spacial score (nSPS) is 23.1. The molecule has 0 radical (unpaired) electrons. The van der Waals surface area contributed by atoms with E-state index in [0.717, 1.165) is 6.54 Å². The second-order valence-corrected chi connectivity index (χ2v) is 3.53. The van der Waals surface area contributed by atoms with Gasteiger partial charge in [0.25, 0.3) is 0 Å². The van der Waals surface area contributed by atoms with Gasteiger partial charge in [0, 0.05) is 13.1 Å². The highest BCUT2D eigenvalue weighted by Gasteiger charge is 2.20. The number of hydrogen-bond donors (Lipinski definition) is 3. The van der Waals surface area contributed by atoms with Gasteiger partial charge in [0.2, 0.25) is 5.91 Å². The second-order valence-electron chi connectivity index (χ2n) is 3.53. The minimum atomic E-state index is -1.04. The number of carbonyl (C=O) groups is 2. The molecule has 1 aliphatic rings. The summed E-state index contributed by atoms with van der Waals surface area (Å²) in [6, 6.07) is -0.853. The third-order valence-corrected chi connectivity index (χ3v) is 2.17. The van der Waals surface area contributed by atoms with Crippen LogP contribution in [-0.2, 0) is 14.3 Å². The summed E-state index contributed by atoms with van der Waals surface area (Å²) < 4.78 is 5.32. The topological polar surface area (TPSA) is 87.7 Å². The highest BCUT2D eigenvalue weighted by Crippen LogP contribution is 2.01. The number of carbonyl (C=O) groups excluding carboxylic acids is 1. The maximum atomic E-state index is 11.3. The van der Waals surface area contributed by atoms with Gasteiger partial charge in [-0.3, -0.25) is 9.59 Å². The van der Waals surface area contributed by atoms with Gasteiger partial charge < -0.3 is 20.5 Å². The van der Waals surface area contributed by atoms with Crippen molar-refractivity contribution in [2.45, 2.75) is 25.5 Å². The van der Waals surface area contributed by atoms with Crippen LogP contribution in [0.5, 0.6) is 0 Å². The first kappa shape index (κ1) is 11.9. The van der Waals surface area contributed by atoms with Crippen LogP contribution >= 0.6 is 0 Å². The SMILES string of the molecule is CC(NC(=O)CC1CNCCO1)C(=O)O. The van der Waals surface area contributed by atoms with Crippen molar-refractivity contribution in [1.29, 1.82) is 0 Å². The number of aliphatic carboxylic acids is 1. The van der Waals surface area contributed by atoms with Gasteiger partial charge in [0.1, 0.15) is 6.04 Å². The second kappa shape index (κ2) is 5.67. The zero-order chi connectivity index (χ0) is 11.3. The monoisotopic (exact) mass is 216 g/mol. The molecular formula is C9H16N2O4. The van der Waals surface area contributed by atoms with E-state index in [4.69, 9.17) is 9.84 Å². The smallest absolute Gasteiger partial charge is 0.325 e. The minimum Gasteiger partial charge on any atom is -0.480 e. The Morgan fingerprint density at radius 2 is 2.40 bits per heavy atom. The Morgan fingerprint density at radius 1 is 1.67 bits per heavy atom. The Bertz CT molecular complexity index is 238. The van der Waals surface area contributed by atoms with Crippen LogP contribution in [0.4, 0.5) is 0 Å². The Labute approximate surface area is 88.0 Å². The molecule has 1 aliphatic heterocycles. The van der Waals surface area contributed by atoms with Crippen molar-refractivity contribution in [2.75, 3.05) is 19.7 Å². The number of ether oxygens (including phenoxy) is 1. The number of carboxylic acids is 1. The first-order chi connectivity index (χ1) is 7.09. The number of nitrogens with one attached hydrogen (secondary N) is 2. The average molecular weight is 216 g/mol. The van der Waals surface area contributed by atoms with E-state index in [1.54, 1.807) is 0 Å². The Morgan fingerprint density at radius 3 is 2.93 bits per heavy atom. The lowest BCUT2D eigenvalue weighted by molar-refractivity contribution is -0.141. The van der Waals surface area contributed by atoms with Gasteiger partial charge >= 0.3 is 5.97 Å². The molecule has 2 unspecified atom stereocenters. The Hall–Kier alpha value is -1.14. The summed E-state index contributed by atoms with van der Waals surface area (Å²) in [6.07, 6.45) is 0.0460. The fourth-order valence-corrected chi connectivity index (χ4v) is 1.32. The highest BCUT2D eigenvalue weighted by molar-refractivity contribution is 5.83. The maximum absolute atomic E-state index is 11.3. The maximum Gasteiger partial charge on any atom is 0.325 e. The number of rotatable bonds is 4. The van der Waals surface area contributed by atoms with E-state index < -0.39 is 12.0 Å². The fraction of sp³-hybridized carbons (Fsp3) is 0.778. The Kier molecular flexibility index (Phi) is 4.51. The highest BCUT2D eigenvalue weighted by atomic mass is 16.5. The molecule has 2 atom stereocenters. The quantitative estimate of drug-likeness (QED) is 0.558. The third-order valence-electron chi connectivity index (χ3n) is 2.17. The van der Waals surface area contributed by atoms with E-state index in [1.165, 1.54) is 6.92 Å². The van der Waals surface area contributed by atoms with Crippen LogP contribution < -0.4 is 10.6 Å². The van der Waals surface area contributed by atoms with Crippen LogP contribution in [0.2, 0.25) is 0 Å². The lowest BCUT2D eigenvalue weighted by Crippen LogP contribution is -2.44. The van der Waals surface area contributed by atoms with Crippen LogP contribution in [0.15, 0.2) is 0 Å². The van der Waals surface area contributed by atoms with E-state index in [9.17, 15) is 9.59 Å². The van der Waals surface area contributed by atoms with Gasteiger partial charge in [-0.1, -0.05) is 0 Å². The van der Waals surface area contributed by atoms with Gasteiger partial charge in [-0.15, -0.1) is 0 Å². The van der Waals surface area contributed by atoms with Crippen molar-refractivity contribution in [3.8, 4) is 0 Å².